The molecule has 0 aromatic rings. The van der Waals surface area contributed by atoms with Crippen LogP contribution in [0.5, 0.6) is 0 Å². The Morgan fingerprint density at radius 3 is 2.71 bits per heavy atom. The smallest absolute Gasteiger partial charge is 0.337 e. The lowest BCUT2D eigenvalue weighted by Gasteiger charge is -2.31. The Hall–Kier alpha value is -2.27. The third-order valence-electron chi connectivity index (χ3n) is 4.13. The van der Waals surface area contributed by atoms with E-state index in [1.807, 2.05) is 0 Å². The van der Waals surface area contributed by atoms with Gasteiger partial charge in [0.1, 0.15) is 5.04 Å². The van der Waals surface area contributed by atoms with Crippen LogP contribution in [0.3, 0.4) is 0 Å². The minimum absolute atomic E-state index is 0.00819. The molecule has 174 valence electrons. The van der Waals surface area contributed by atoms with Crippen molar-refractivity contribution in [2.75, 3.05) is 39.8 Å². The van der Waals surface area contributed by atoms with Crippen molar-refractivity contribution in [3.05, 3.63) is 23.3 Å². The van der Waals surface area contributed by atoms with Gasteiger partial charge < -0.3 is 15.2 Å². The normalized spacial score (nSPS) is 16.0. The van der Waals surface area contributed by atoms with Crippen LogP contribution in [0.2, 0.25) is 0 Å². The molecule has 1 aliphatic heterocycles. The average molecular weight is 461 g/mol. The summed E-state index contributed by atoms with van der Waals surface area (Å²) in [6.45, 7) is 7.45. The molecule has 1 unspecified atom stereocenters. The van der Waals surface area contributed by atoms with Crippen LogP contribution in [0.4, 0.5) is 8.78 Å². The van der Waals surface area contributed by atoms with Crippen LogP contribution in [0.25, 0.3) is 0 Å². The number of halogens is 2. The van der Waals surface area contributed by atoms with E-state index in [9.17, 15) is 18.4 Å². The molecular weight excluding hydrogens is 430 g/mol. The molecule has 1 atom stereocenters. The van der Waals surface area contributed by atoms with Gasteiger partial charge >= 0.3 is 11.9 Å². The molecule has 0 spiro atoms. The number of ether oxygens (including phenoxy) is 1. The molecule has 1 heterocycles. The van der Waals surface area contributed by atoms with Crippen LogP contribution < -0.4 is 5.32 Å². The highest BCUT2D eigenvalue weighted by molar-refractivity contribution is 8.18. The number of esters is 1. The molecule has 0 saturated carbocycles. The van der Waals surface area contributed by atoms with Crippen molar-refractivity contribution >= 4 is 34.6 Å². The van der Waals surface area contributed by atoms with E-state index in [0.717, 1.165) is 6.92 Å². The number of carboxylic acid groups (broad SMARTS) is 1. The first-order chi connectivity index (χ1) is 14.5. The molecule has 2 N–H and O–H groups in total. The average Bonchev–Trinajstić information content (AvgIpc) is 2.64. The number of carboxylic acids is 1. The minimum Gasteiger partial charge on any atom is -0.481 e. The summed E-state index contributed by atoms with van der Waals surface area (Å²) in [5.74, 6) is -4.56. The molecule has 0 aromatic heterocycles. The molecule has 0 bridgehead atoms. The van der Waals surface area contributed by atoms with Crippen molar-refractivity contribution in [2.24, 2.45) is 15.9 Å². The highest BCUT2D eigenvalue weighted by Crippen LogP contribution is 2.20. The summed E-state index contributed by atoms with van der Waals surface area (Å²) in [7, 11) is 1.58. The third-order valence-corrected chi connectivity index (χ3v) is 4.89. The van der Waals surface area contributed by atoms with Gasteiger partial charge in [0.2, 0.25) is 0 Å². The van der Waals surface area contributed by atoms with Gasteiger partial charge in [-0.25, -0.2) is 13.6 Å². The number of aliphatic carboxylic acids is 1. The molecule has 0 aliphatic carbocycles. The van der Waals surface area contributed by atoms with Crippen LogP contribution in [0, 0.1) is 5.92 Å². The number of alkyl halides is 2. The van der Waals surface area contributed by atoms with Crippen molar-refractivity contribution in [1.82, 2.24) is 10.2 Å². The number of nitrogens with one attached hydrogen (secondary N) is 1. The minimum atomic E-state index is -3.01. The predicted molar refractivity (Wildman–Crippen MR) is 119 cm³/mol. The molecule has 0 saturated heterocycles. The summed E-state index contributed by atoms with van der Waals surface area (Å²) >= 11 is 1.23. The molecule has 8 nitrogen and oxygen atoms in total. The molecule has 0 amide bonds. The first kappa shape index (κ1) is 26.8. The van der Waals surface area contributed by atoms with Crippen LogP contribution in [0.1, 0.15) is 27.2 Å². The SMILES string of the molecule is C=CSC(=NC)C1=NCC(C(=O)OCC)=C(CN(CC(C)CC(=O)O)CC(C)(F)F)N1. The molecule has 31 heavy (non-hydrogen) atoms. The van der Waals surface area contributed by atoms with Gasteiger partial charge in [-0.15, -0.1) is 0 Å². The fourth-order valence-electron chi connectivity index (χ4n) is 3.07. The number of carbonyl (C=O) groups is 2. The molecule has 1 aliphatic rings. The Labute approximate surface area is 185 Å². The zero-order valence-corrected chi connectivity index (χ0v) is 19.1. The van der Waals surface area contributed by atoms with E-state index >= 15 is 0 Å². The van der Waals surface area contributed by atoms with Gasteiger partial charge in [-0.3, -0.25) is 19.7 Å². The van der Waals surface area contributed by atoms with Crippen LogP contribution >= 0.6 is 11.8 Å². The Balaban J connectivity index is 3.21. The van der Waals surface area contributed by atoms with Crippen molar-refractivity contribution in [2.45, 2.75) is 33.1 Å². The van der Waals surface area contributed by atoms with Crippen LogP contribution in [0.15, 0.2) is 33.2 Å². The lowest BCUT2D eigenvalue weighted by atomic mass is 10.1. The molecule has 0 radical (unpaired) electrons. The lowest BCUT2D eigenvalue weighted by molar-refractivity contribution is -0.139. The van der Waals surface area contributed by atoms with Gasteiger partial charge in [0, 0.05) is 39.2 Å². The zero-order valence-electron chi connectivity index (χ0n) is 18.3. The van der Waals surface area contributed by atoms with Crippen molar-refractivity contribution in [3.63, 3.8) is 0 Å². The Morgan fingerprint density at radius 1 is 1.52 bits per heavy atom. The Bertz CT molecular complexity index is 763. The second-order valence-corrected chi connectivity index (χ2v) is 8.18. The van der Waals surface area contributed by atoms with E-state index in [-0.39, 0.29) is 44.2 Å². The standard InChI is InChI=1S/C20H30F2N4O4S/c1-6-30-19(29)14-9-24-17(18(23-5)31-7-2)25-15(14)11-26(12-20(4,21)22)10-13(3)8-16(27)28/h7,13H,2,6,8-12H2,1,3-5H3,(H,24,25)(H,27,28). The number of amidine groups is 1. The number of thioether (sulfide) groups is 1. The lowest BCUT2D eigenvalue weighted by Crippen LogP contribution is -2.44. The van der Waals surface area contributed by atoms with Gasteiger partial charge in [-0.1, -0.05) is 25.3 Å². The van der Waals surface area contributed by atoms with Crippen molar-refractivity contribution in [1.29, 1.82) is 0 Å². The van der Waals surface area contributed by atoms with E-state index in [1.165, 1.54) is 16.7 Å². The summed E-state index contributed by atoms with van der Waals surface area (Å²) in [5.41, 5.74) is 0.612. The number of rotatable bonds is 12. The fourth-order valence-corrected chi connectivity index (χ4v) is 3.56. The van der Waals surface area contributed by atoms with Gasteiger partial charge in [0.25, 0.3) is 5.92 Å². The van der Waals surface area contributed by atoms with E-state index in [4.69, 9.17) is 9.84 Å². The van der Waals surface area contributed by atoms with E-state index in [2.05, 4.69) is 21.9 Å². The van der Waals surface area contributed by atoms with Gasteiger partial charge in [-0.2, -0.15) is 0 Å². The monoisotopic (exact) mass is 460 g/mol. The number of hydrogen-bond donors (Lipinski definition) is 2. The second-order valence-electron chi connectivity index (χ2n) is 7.22. The van der Waals surface area contributed by atoms with E-state index in [1.54, 1.807) is 26.3 Å². The van der Waals surface area contributed by atoms with Gasteiger partial charge in [-0.05, 0) is 18.2 Å². The maximum atomic E-state index is 13.8. The topological polar surface area (TPSA) is 104 Å². The maximum absolute atomic E-state index is 13.8. The zero-order chi connectivity index (χ0) is 23.6. The van der Waals surface area contributed by atoms with Gasteiger partial charge in [0.05, 0.1) is 25.3 Å². The number of hydrogen-bond acceptors (Lipinski definition) is 8. The summed E-state index contributed by atoms with van der Waals surface area (Å²) in [5, 5.41) is 14.2. The van der Waals surface area contributed by atoms with Crippen LogP contribution in [-0.4, -0.2) is 78.6 Å². The molecule has 0 fully saturated rings. The van der Waals surface area contributed by atoms with E-state index in [0.29, 0.717) is 16.6 Å². The molecular formula is C20H30F2N4O4S. The Morgan fingerprint density at radius 2 is 2.19 bits per heavy atom. The number of carbonyl (C=O) groups excluding carboxylic acids is 1. The first-order valence-electron chi connectivity index (χ1n) is 9.78. The number of aliphatic imine (C=N–C) groups is 2. The largest absolute Gasteiger partial charge is 0.481 e. The highest BCUT2D eigenvalue weighted by atomic mass is 32.2. The molecule has 11 heteroatoms. The molecule has 1 rings (SSSR count). The second kappa shape index (κ2) is 12.6. The molecule has 0 aromatic carbocycles. The quantitative estimate of drug-likeness (QED) is 0.262. The summed E-state index contributed by atoms with van der Waals surface area (Å²) in [6, 6.07) is 0. The van der Waals surface area contributed by atoms with Gasteiger partial charge in [0.15, 0.2) is 5.84 Å². The Kier molecular flexibility index (Phi) is 10.8. The fraction of sp³-hybridized carbons (Fsp3) is 0.600. The summed E-state index contributed by atoms with van der Waals surface area (Å²) in [4.78, 5) is 33.3. The summed E-state index contributed by atoms with van der Waals surface area (Å²) in [6.07, 6.45) is -0.154. The van der Waals surface area contributed by atoms with E-state index < -0.39 is 24.4 Å². The van der Waals surface area contributed by atoms with Crippen molar-refractivity contribution < 1.29 is 28.2 Å². The predicted octanol–water partition coefficient (Wildman–Crippen LogP) is 2.78. The maximum Gasteiger partial charge on any atom is 0.337 e. The van der Waals surface area contributed by atoms with Crippen molar-refractivity contribution in [3.8, 4) is 0 Å². The third kappa shape index (κ3) is 9.60. The summed E-state index contributed by atoms with van der Waals surface area (Å²) < 4.78 is 32.8. The number of nitrogens with zero attached hydrogens (tertiary/aromatic N) is 3. The highest BCUT2D eigenvalue weighted by Gasteiger charge is 2.30. The first-order valence-corrected chi connectivity index (χ1v) is 10.7. The van der Waals surface area contributed by atoms with Crippen LogP contribution in [-0.2, 0) is 14.3 Å².